The molecule has 0 bridgehead atoms. The van der Waals surface area contributed by atoms with Crippen LogP contribution >= 0.6 is 0 Å². The summed E-state index contributed by atoms with van der Waals surface area (Å²) in [5.41, 5.74) is 5.36. The number of rotatable bonds is 2. The fraction of sp³-hybridized carbons (Fsp3) is 0.133. The summed E-state index contributed by atoms with van der Waals surface area (Å²) in [6, 6.07) is 10.4. The Kier molecular flexibility index (Phi) is 2.32. The molecule has 0 saturated heterocycles. The zero-order valence-electron chi connectivity index (χ0n) is 11.0. The molecule has 3 aromatic heterocycles. The van der Waals surface area contributed by atoms with E-state index in [0.29, 0.717) is 0 Å². The van der Waals surface area contributed by atoms with Crippen molar-refractivity contribution in [2.45, 2.75) is 13.3 Å². The van der Waals surface area contributed by atoms with Crippen LogP contribution < -0.4 is 0 Å². The standard InChI is InChI=1S/C15H13N5/c1-10-12(7-11-5-3-2-4-6-11)13-14(19-10)17-9-20-15(13)16-8-18-20/h2-6,8-9,19H,7H2,1H3. The number of aromatic amines is 1. The summed E-state index contributed by atoms with van der Waals surface area (Å²) in [4.78, 5) is 12.1. The summed E-state index contributed by atoms with van der Waals surface area (Å²) in [7, 11) is 0. The number of H-pyrrole nitrogens is 1. The molecule has 5 nitrogen and oxygen atoms in total. The van der Waals surface area contributed by atoms with Gasteiger partial charge in [0.15, 0.2) is 5.65 Å². The Balaban J connectivity index is 1.98. The molecular formula is C15H13N5. The molecule has 3 heterocycles. The first-order valence-corrected chi connectivity index (χ1v) is 6.52. The first-order valence-electron chi connectivity index (χ1n) is 6.52. The maximum atomic E-state index is 4.41. The summed E-state index contributed by atoms with van der Waals surface area (Å²) in [6.45, 7) is 2.08. The predicted octanol–water partition coefficient (Wildman–Crippen LogP) is 2.50. The van der Waals surface area contributed by atoms with E-state index < -0.39 is 0 Å². The van der Waals surface area contributed by atoms with Gasteiger partial charge in [0.1, 0.15) is 18.3 Å². The van der Waals surface area contributed by atoms with Crippen LogP contribution in [0.1, 0.15) is 16.8 Å². The molecule has 20 heavy (non-hydrogen) atoms. The molecule has 0 fully saturated rings. The highest BCUT2D eigenvalue weighted by Gasteiger charge is 2.14. The molecule has 4 rings (SSSR count). The Morgan fingerprint density at radius 3 is 2.85 bits per heavy atom. The van der Waals surface area contributed by atoms with Crippen molar-refractivity contribution in [1.82, 2.24) is 24.6 Å². The van der Waals surface area contributed by atoms with E-state index in [9.17, 15) is 0 Å². The maximum Gasteiger partial charge on any atom is 0.168 e. The van der Waals surface area contributed by atoms with Gasteiger partial charge in [-0.3, -0.25) is 0 Å². The predicted molar refractivity (Wildman–Crippen MR) is 76.6 cm³/mol. The van der Waals surface area contributed by atoms with Crippen LogP contribution in [0.2, 0.25) is 0 Å². The van der Waals surface area contributed by atoms with Gasteiger partial charge in [-0.2, -0.15) is 5.10 Å². The summed E-state index contributed by atoms with van der Waals surface area (Å²) in [5, 5.41) is 5.22. The Morgan fingerprint density at radius 2 is 2.00 bits per heavy atom. The normalized spacial score (nSPS) is 11.4. The molecule has 1 N–H and O–H groups in total. The van der Waals surface area contributed by atoms with E-state index in [4.69, 9.17) is 0 Å². The number of benzene rings is 1. The molecular weight excluding hydrogens is 250 g/mol. The number of fused-ring (bicyclic) bond motifs is 3. The van der Waals surface area contributed by atoms with Crippen LogP contribution in [0.25, 0.3) is 16.7 Å². The SMILES string of the molecule is Cc1[nH]c2ncn3ncnc3c2c1Cc1ccccc1. The van der Waals surface area contributed by atoms with Crippen LogP contribution in [0.15, 0.2) is 43.0 Å². The Hall–Kier alpha value is -2.69. The topological polar surface area (TPSA) is 58.9 Å². The molecule has 1 aromatic carbocycles. The van der Waals surface area contributed by atoms with Gasteiger partial charge in [0.05, 0.1) is 5.39 Å². The van der Waals surface area contributed by atoms with Gasteiger partial charge < -0.3 is 4.98 Å². The zero-order valence-corrected chi connectivity index (χ0v) is 11.0. The van der Waals surface area contributed by atoms with E-state index in [2.05, 4.69) is 51.2 Å². The Bertz CT molecular complexity index is 889. The molecule has 0 aliphatic carbocycles. The lowest BCUT2D eigenvalue weighted by Gasteiger charge is -2.02. The van der Waals surface area contributed by atoms with Crippen molar-refractivity contribution in [2.75, 3.05) is 0 Å². The highest BCUT2D eigenvalue weighted by molar-refractivity contribution is 5.93. The van der Waals surface area contributed by atoms with E-state index in [0.717, 1.165) is 28.8 Å². The molecule has 5 heteroatoms. The third kappa shape index (κ3) is 1.60. The molecule has 98 valence electrons. The highest BCUT2D eigenvalue weighted by Crippen LogP contribution is 2.26. The summed E-state index contributed by atoms with van der Waals surface area (Å²) >= 11 is 0. The monoisotopic (exact) mass is 263 g/mol. The minimum atomic E-state index is 0.852. The number of nitrogens with zero attached hydrogens (tertiary/aromatic N) is 4. The lowest BCUT2D eigenvalue weighted by molar-refractivity contribution is 0.931. The van der Waals surface area contributed by atoms with Crippen LogP contribution in [-0.4, -0.2) is 24.6 Å². The maximum absolute atomic E-state index is 4.41. The van der Waals surface area contributed by atoms with Crippen molar-refractivity contribution in [3.63, 3.8) is 0 Å². The molecule has 0 saturated carbocycles. The number of nitrogens with one attached hydrogen (secondary N) is 1. The second-order valence-corrected chi connectivity index (χ2v) is 4.89. The van der Waals surface area contributed by atoms with Crippen LogP contribution in [0.3, 0.4) is 0 Å². The van der Waals surface area contributed by atoms with Crippen molar-refractivity contribution < 1.29 is 0 Å². The average molecular weight is 263 g/mol. The fourth-order valence-electron chi connectivity index (χ4n) is 2.63. The molecule has 0 spiro atoms. The van der Waals surface area contributed by atoms with Crippen molar-refractivity contribution in [3.8, 4) is 0 Å². The number of aryl methyl sites for hydroxylation is 1. The fourth-order valence-corrected chi connectivity index (χ4v) is 2.63. The largest absolute Gasteiger partial charge is 0.343 e. The van der Waals surface area contributed by atoms with Gasteiger partial charge in [-0.1, -0.05) is 30.3 Å². The van der Waals surface area contributed by atoms with Gasteiger partial charge in [-0.15, -0.1) is 0 Å². The Labute approximate surface area is 115 Å². The van der Waals surface area contributed by atoms with Gasteiger partial charge in [0.2, 0.25) is 0 Å². The molecule has 0 aliphatic rings. The smallest absolute Gasteiger partial charge is 0.168 e. The van der Waals surface area contributed by atoms with Crippen LogP contribution in [0.4, 0.5) is 0 Å². The van der Waals surface area contributed by atoms with Crippen molar-refractivity contribution in [1.29, 1.82) is 0 Å². The van der Waals surface area contributed by atoms with Crippen LogP contribution in [0, 0.1) is 6.92 Å². The number of aromatic nitrogens is 5. The van der Waals surface area contributed by atoms with Crippen molar-refractivity contribution in [3.05, 3.63) is 59.8 Å². The summed E-state index contributed by atoms with van der Waals surface area (Å²) in [5.74, 6) is 0. The van der Waals surface area contributed by atoms with E-state index in [1.54, 1.807) is 17.2 Å². The Morgan fingerprint density at radius 1 is 1.15 bits per heavy atom. The number of hydrogen-bond acceptors (Lipinski definition) is 3. The van der Waals surface area contributed by atoms with Crippen LogP contribution in [0.5, 0.6) is 0 Å². The van der Waals surface area contributed by atoms with Gasteiger partial charge in [-0.05, 0) is 18.1 Å². The van der Waals surface area contributed by atoms with Gasteiger partial charge in [-0.25, -0.2) is 14.5 Å². The lowest BCUT2D eigenvalue weighted by atomic mass is 10.0. The highest BCUT2D eigenvalue weighted by atomic mass is 15.3. The molecule has 0 unspecified atom stereocenters. The number of hydrogen-bond donors (Lipinski definition) is 1. The zero-order chi connectivity index (χ0) is 13.5. The summed E-state index contributed by atoms with van der Waals surface area (Å²) < 4.78 is 1.71. The van der Waals surface area contributed by atoms with Crippen molar-refractivity contribution >= 4 is 16.7 Å². The molecule has 0 aliphatic heterocycles. The van der Waals surface area contributed by atoms with Crippen LogP contribution in [-0.2, 0) is 6.42 Å². The summed E-state index contributed by atoms with van der Waals surface area (Å²) in [6.07, 6.45) is 4.11. The molecule has 0 amide bonds. The minimum absolute atomic E-state index is 0.852. The van der Waals surface area contributed by atoms with E-state index >= 15 is 0 Å². The lowest BCUT2D eigenvalue weighted by Crippen LogP contribution is -1.93. The van der Waals surface area contributed by atoms with Gasteiger partial charge in [0.25, 0.3) is 0 Å². The van der Waals surface area contributed by atoms with Crippen molar-refractivity contribution in [2.24, 2.45) is 0 Å². The van der Waals surface area contributed by atoms with Gasteiger partial charge in [0, 0.05) is 12.1 Å². The third-order valence-corrected chi connectivity index (χ3v) is 3.61. The quantitative estimate of drug-likeness (QED) is 0.604. The first kappa shape index (κ1) is 11.2. The van der Waals surface area contributed by atoms with E-state index in [-0.39, 0.29) is 0 Å². The minimum Gasteiger partial charge on any atom is -0.343 e. The second-order valence-electron chi connectivity index (χ2n) is 4.89. The van der Waals surface area contributed by atoms with E-state index in [1.165, 1.54) is 11.1 Å². The molecule has 0 radical (unpaired) electrons. The first-order chi connectivity index (χ1) is 9.83. The molecule has 0 atom stereocenters. The third-order valence-electron chi connectivity index (χ3n) is 3.61. The molecule has 4 aromatic rings. The average Bonchev–Trinajstić information content (AvgIpc) is 3.05. The second kappa shape index (κ2) is 4.16. The van der Waals surface area contributed by atoms with Gasteiger partial charge >= 0.3 is 0 Å². The van der Waals surface area contributed by atoms with E-state index in [1.807, 2.05) is 6.07 Å².